The number of esters is 1. The van der Waals surface area contributed by atoms with E-state index in [2.05, 4.69) is 39.4 Å². The van der Waals surface area contributed by atoms with Crippen molar-refractivity contribution in [3.8, 4) is 0 Å². The molecule has 28 heavy (non-hydrogen) atoms. The zero-order chi connectivity index (χ0) is 19.8. The number of benzene rings is 2. The zero-order valence-electron chi connectivity index (χ0n) is 16.0. The maximum Gasteiger partial charge on any atom is 0.339 e. The molecule has 2 aromatic carbocycles. The number of methoxy groups -OCH3 is 1. The molecule has 2 aromatic rings. The first kappa shape index (κ1) is 20.0. The highest BCUT2D eigenvalue weighted by molar-refractivity contribution is 7.80. The van der Waals surface area contributed by atoms with Gasteiger partial charge in [0.15, 0.2) is 5.11 Å². The van der Waals surface area contributed by atoms with Crippen molar-refractivity contribution < 1.29 is 9.53 Å². The quantitative estimate of drug-likeness (QED) is 0.618. The molecule has 1 aliphatic heterocycles. The van der Waals surface area contributed by atoms with Crippen molar-refractivity contribution in [1.82, 2.24) is 9.80 Å². The Labute approximate surface area is 171 Å². The predicted octanol–water partition coefficient (Wildman–Crippen LogP) is 3.50. The van der Waals surface area contributed by atoms with Gasteiger partial charge in [0.1, 0.15) is 0 Å². The summed E-state index contributed by atoms with van der Waals surface area (Å²) in [7, 11) is 1.38. The maximum absolute atomic E-state index is 11.9. The number of carbonyl (C=O) groups is 1. The van der Waals surface area contributed by atoms with Crippen LogP contribution in [0.1, 0.15) is 15.9 Å². The Morgan fingerprint density at radius 1 is 1.07 bits per heavy atom. The summed E-state index contributed by atoms with van der Waals surface area (Å²) in [6, 6.07) is 17.6. The zero-order valence-corrected chi connectivity index (χ0v) is 16.8. The molecule has 5 nitrogen and oxygen atoms in total. The Kier molecular flexibility index (Phi) is 7.17. The normalized spacial score (nSPS) is 14.8. The third-order valence-corrected chi connectivity index (χ3v) is 5.07. The van der Waals surface area contributed by atoms with E-state index < -0.39 is 0 Å². The van der Waals surface area contributed by atoms with Crippen LogP contribution in [0.3, 0.4) is 0 Å². The van der Waals surface area contributed by atoms with E-state index in [1.165, 1.54) is 12.7 Å². The largest absolute Gasteiger partial charge is 0.465 e. The molecule has 0 radical (unpaired) electrons. The summed E-state index contributed by atoms with van der Waals surface area (Å²) in [5, 5.41) is 3.83. The Hall–Kier alpha value is -2.70. The van der Waals surface area contributed by atoms with Gasteiger partial charge in [0.2, 0.25) is 0 Å². The molecular weight excluding hydrogens is 370 g/mol. The number of anilines is 1. The molecule has 0 saturated carbocycles. The number of nitrogens with one attached hydrogen (secondary N) is 1. The summed E-state index contributed by atoms with van der Waals surface area (Å²) in [5.74, 6) is -0.374. The molecule has 1 N–H and O–H groups in total. The van der Waals surface area contributed by atoms with Crippen LogP contribution in [0.2, 0.25) is 0 Å². The fourth-order valence-corrected chi connectivity index (χ4v) is 3.40. The summed E-state index contributed by atoms with van der Waals surface area (Å²) >= 11 is 5.56. The first-order valence-electron chi connectivity index (χ1n) is 9.34. The van der Waals surface area contributed by atoms with E-state index in [1.807, 2.05) is 36.4 Å². The van der Waals surface area contributed by atoms with Crippen LogP contribution in [0.4, 0.5) is 5.69 Å². The van der Waals surface area contributed by atoms with Crippen molar-refractivity contribution in [2.45, 2.75) is 0 Å². The number of ether oxygens (including phenoxy) is 1. The number of hydrogen-bond acceptors (Lipinski definition) is 4. The van der Waals surface area contributed by atoms with Crippen molar-refractivity contribution in [2.24, 2.45) is 0 Å². The SMILES string of the molecule is COC(=O)c1ccccc1NC(=S)N1CCN(C/C=C\c2ccccc2)CC1. The highest BCUT2D eigenvalue weighted by Crippen LogP contribution is 2.17. The number of piperazine rings is 1. The van der Waals surface area contributed by atoms with E-state index >= 15 is 0 Å². The monoisotopic (exact) mass is 395 g/mol. The molecule has 1 saturated heterocycles. The van der Waals surface area contributed by atoms with E-state index in [0.717, 1.165) is 32.7 Å². The van der Waals surface area contributed by atoms with E-state index in [9.17, 15) is 4.79 Å². The minimum Gasteiger partial charge on any atom is -0.465 e. The minimum absolute atomic E-state index is 0.374. The summed E-state index contributed by atoms with van der Waals surface area (Å²) in [5.41, 5.74) is 2.38. The number of para-hydroxylation sites is 1. The Morgan fingerprint density at radius 2 is 1.75 bits per heavy atom. The molecule has 0 unspecified atom stereocenters. The molecule has 146 valence electrons. The Morgan fingerprint density at radius 3 is 2.46 bits per heavy atom. The molecule has 3 rings (SSSR count). The molecular formula is C22H25N3O2S. The summed E-state index contributed by atoms with van der Waals surface area (Å²) in [4.78, 5) is 16.4. The first-order valence-corrected chi connectivity index (χ1v) is 9.75. The van der Waals surface area contributed by atoms with Crippen LogP contribution < -0.4 is 5.32 Å². The predicted molar refractivity (Wildman–Crippen MR) is 117 cm³/mol. The lowest BCUT2D eigenvalue weighted by molar-refractivity contribution is 0.0602. The summed E-state index contributed by atoms with van der Waals surface area (Å²) < 4.78 is 4.84. The maximum atomic E-state index is 11.9. The lowest BCUT2D eigenvalue weighted by Gasteiger charge is -2.35. The smallest absolute Gasteiger partial charge is 0.339 e. The standard InChI is InChI=1S/C22H25N3O2S/c1-27-21(26)19-11-5-6-12-20(19)23-22(28)25-16-14-24(15-17-25)13-7-10-18-8-3-2-4-9-18/h2-12H,13-17H2,1H3,(H,23,28)/b10-7-. The fraction of sp³-hybridized carbons (Fsp3) is 0.273. The van der Waals surface area contributed by atoms with Crippen LogP contribution in [-0.2, 0) is 4.74 Å². The van der Waals surface area contributed by atoms with E-state index in [0.29, 0.717) is 16.4 Å². The average molecular weight is 396 g/mol. The minimum atomic E-state index is -0.374. The Bertz CT molecular complexity index is 831. The number of nitrogens with zero attached hydrogens (tertiary/aromatic N) is 2. The van der Waals surface area contributed by atoms with Gasteiger partial charge >= 0.3 is 5.97 Å². The van der Waals surface area contributed by atoms with Gasteiger partial charge in [-0.1, -0.05) is 54.6 Å². The second-order valence-electron chi connectivity index (χ2n) is 6.57. The molecule has 0 bridgehead atoms. The second kappa shape index (κ2) is 10.0. The van der Waals surface area contributed by atoms with Crippen LogP contribution >= 0.6 is 12.2 Å². The van der Waals surface area contributed by atoms with Crippen molar-refractivity contribution >= 4 is 35.1 Å². The lowest BCUT2D eigenvalue weighted by Crippen LogP contribution is -2.49. The highest BCUT2D eigenvalue weighted by Gasteiger charge is 2.19. The van der Waals surface area contributed by atoms with Crippen LogP contribution in [0.15, 0.2) is 60.7 Å². The number of hydrogen-bond donors (Lipinski definition) is 1. The molecule has 0 aliphatic carbocycles. The van der Waals surface area contributed by atoms with Crippen molar-refractivity contribution in [2.75, 3.05) is 45.2 Å². The molecule has 1 aliphatic rings. The fourth-order valence-electron chi connectivity index (χ4n) is 3.11. The van der Waals surface area contributed by atoms with Gasteiger partial charge in [-0.05, 0) is 29.9 Å². The number of rotatable bonds is 5. The van der Waals surface area contributed by atoms with E-state index in [4.69, 9.17) is 17.0 Å². The van der Waals surface area contributed by atoms with Gasteiger partial charge < -0.3 is 15.0 Å². The molecule has 0 amide bonds. The van der Waals surface area contributed by atoms with Crippen LogP contribution in [0.5, 0.6) is 0 Å². The lowest BCUT2D eigenvalue weighted by atomic mass is 10.2. The van der Waals surface area contributed by atoms with E-state index in [1.54, 1.807) is 6.07 Å². The molecule has 1 fully saturated rings. The van der Waals surface area contributed by atoms with Crippen molar-refractivity contribution in [3.63, 3.8) is 0 Å². The van der Waals surface area contributed by atoms with Crippen LogP contribution in [-0.4, -0.2) is 60.7 Å². The summed E-state index contributed by atoms with van der Waals surface area (Å²) in [6.07, 6.45) is 4.36. The van der Waals surface area contributed by atoms with Gasteiger partial charge in [0.25, 0.3) is 0 Å². The molecule has 0 aromatic heterocycles. The van der Waals surface area contributed by atoms with Gasteiger partial charge in [-0.25, -0.2) is 4.79 Å². The number of carbonyl (C=O) groups excluding carboxylic acids is 1. The van der Waals surface area contributed by atoms with E-state index in [-0.39, 0.29) is 5.97 Å². The van der Waals surface area contributed by atoms with Gasteiger partial charge in [-0.2, -0.15) is 0 Å². The third-order valence-electron chi connectivity index (χ3n) is 4.71. The second-order valence-corrected chi connectivity index (χ2v) is 6.95. The topological polar surface area (TPSA) is 44.8 Å². The van der Waals surface area contributed by atoms with Gasteiger partial charge in [0, 0.05) is 32.7 Å². The van der Waals surface area contributed by atoms with Crippen molar-refractivity contribution in [1.29, 1.82) is 0 Å². The summed E-state index contributed by atoms with van der Waals surface area (Å²) in [6.45, 7) is 4.52. The highest BCUT2D eigenvalue weighted by atomic mass is 32.1. The van der Waals surface area contributed by atoms with Gasteiger partial charge in [0.05, 0.1) is 18.4 Å². The van der Waals surface area contributed by atoms with Gasteiger partial charge in [-0.3, -0.25) is 4.90 Å². The molecule has 0 spiro atoms. The third kappa shape index (κ3) is 5.41. The molecule has 6 heteroatoms. The van der Waals surface area contributed by atoms with Gasteiger partial charge in [-0.15, -0.1) is 0 Å². The number of thiocarbonyl (C=S) groups is 1. The Balaban J connectivity index is 1.49. The molecule has 0 atom stereocenters. The first-order chi connectivity index (χ1) is 13.7. The van der Waals surface area contributed by atoms with Crippen molar-refractivity contribution in [3.05, 3.63) is 71.8 Å². The van der Waals surface area contributed by atoms with Crippen LogP contribution in [0.25, 0.3) is 6.08 Å². The van der Waals surface area contributed by atoms with Crippen LogP contribution in [0, 0.1) is 0 Å². The average Bonchev–Trinajstić information content (AvgIpc) is 2.75. The molecule has 1 heterocycles.